The van der Waals surface area contributed by atoms with E-state index >= 15 is 0 Å². The molecule has 0 fully saturated rings. The van der Waals surface area contributed by atoms with Crippen LogP contribution >= 0.6 is 15.9 Å². The molecule has 0 aliphatic heterocycles. The topological polar surface area (TPSA) is 12.9 Å². The lowest BCUT2D eigenvalue weighted by atomic mass is 9.99. The lowest BCUT2D eigenvalue weighted by Gasteiger charge is -2.10. The van der Waals surface area contributed by atoms with Crippen LogP contribution in [0.3, 0.4) is 0 Å². The summed E-state index contributed by atoms with van der Waals surface area (Å²) in [4.78, 5) is 4.96. The van der Waals surface area contributed by atoms with Gasteiger partial charge in [-0.25, -0.2) is 4.98 Å². The molecule has 156 valence electrons. The molecule has 1 nitrogen and oxygen atoms in total. The fraction of sp³-hybridized carbons (Fsp3) is 0. The second-order valence-corrected chi connectivity index (χ2v) is 8.61. The number of rotatable bonds is 3. The van der Waals surface area contributed by atoms with Gasteiger partial charge in [0.1, 0.15) is 0 Å². The Balaban J connectivity index is 1.51. The molecule has 0 radical (unpaired) electrons. The Hall–Kier alpha value is -3.93. The lowest BCUT2D eigenvalue weighted by molar-refractivity contribution is 1.32. The van der Waals surface area contributed by atoms with Crippen LogP contribution in [0.4, 0.5) is 0 Å². The first kappa shape index (κ1) is 20.9. The van der Waals surface area contributed by atoms with Crippen molar-refractivity contribution in [3.63, 3.8) is 0 Å². The molecule has 0 amide bonds. The van der Waals surface area contributed by atoms with Crippen molar-refractivity contribution in [1.29, 1.82) is 0 Å². The molecule has 1 aromatic heterocycles. The fourth-order valence-corrected chi connectivity index (χ4v) is 3.90. The van der Waals surface area contributed by atoms with Crippen molar-refractivity contribution in [2.45, 2.75) is 0 Å². The molecular weight excluding hydrogens is 466 g/mol. The Bertz CT molecular complexity index is 1370. The second-order valence-electron chi connectivity index (χ2n) is 7.69. The zero-order valence-electron chi connectivity index (χ0n) is 17.9. The monoisotopic (exact) mass is 485 g/mol. The van der Waals surface area contributed by atoms with Crippen LogP contribution in [-0.4, -0.2) is 4.98 Å². The van der Waals surface area contributed by atoms with Crippen LogP contribution in [-0.2, 0) is 0 Å². The van der Waals surface area contributed by atoms with E-state index in [0.717, 1.165) is 49.2 Å². The molecule has 5 aromatic rings. The normalized spacial score (nSPS) is 10.3. The first-order valence-corrected chi connectivity index (χ1v) is 11.5. The van der Waals surface area contributed by atoms with E-state index in [4.69, 9.17) is 4.98 Å². The highest BCUT2D eigenvalue weighted by Crippen LogP contribution is 2.30. The summed E-state index contributed by atoms with van der Waals surface area (Å²) in [7, 11) is 0. The number of hydrogen-bond acceptors (Lipinski definition) is 1. The first-order chi connectivity index (χ1) is 16.2. The third-order valence-electron chi connectivity index (χ3n) is 5.38. The Morgan fingerprint density at radius 2 is 0.909 bits per heavy atom. The highest BCUT2D eigenvalue weighted by Gasteiger charge is 2.08. The molecule has 0 spiro atoms. The zero-order valence-corrected chi connectivity index (χ0v) is 19.5. The number of aromatic nitrogens is 1. The van der Waals surface area contributed by atoms with E-state index in [2.05, 4.69) is 88.4 Å². The standard InChI is InChI=1S/C31H20BrN/c32-29-19-15-24(16-20-29)12-11-23-13-17-25(18-14-23)28-21-30(26-7-3-1-4-8-26)33-31(22-28)27-9-5-2-6-10-27/h1-10,13-22H. The average molecular weight is 486 g/mol. The average Bonchev–Trinajstić information content (AvgIpc) is 2.89. The molecule has 0 atom stereocenters. The molecule has 0 aliphatic carbocycles. The van der Waals surface area contributed by atoms with E-state index in [0.29, 0.717) is 0 Å². The maximum absolute atomic E-state index is 4.96. The highest BCUT2D eigenvalue weighted by atomic mass is 79.9. The fourth-order valence-electron chi connectivity index (χ4n) is 3.63. The van der Waals surface area contributed by atoms with Crippen LogP contribution in [0, 0.1) is 11.8 Å². The van der Waals surface area contributed by atoms with Crippen LogP contribution in [0.5, 0.6) is 0 Å². The summed E-state index contributed by atoms with van der Waals surface area (Å²) in [5, 5.41) is 0. The summed E-state index contributed by atoms with van der Waals surface area (Å²) in [6.07, 6.45) is 0. The molecule has 4 aromatic carbocycles. The number of pyridine rings is 1. The van der Waals surface area contributed by atoms with Gasteiger partial charge in [0.2, 0.25) is 0 Å². The Labute approximate surface area is 202 Å². The van der Waals surface area contributed by atoms with Gasteiger partial charge in [-0.1, -0.05) is 101 Å². The number of nitrogens with zero attached hydrogens (tertiary/aromatic N) is 1. The van der Waals surface area contributed by atoms with E-state index in [1.165, 1.54) is 0 Å². The summed E-state index contributed by atoms with van der Waals surface area (Å²) >= 11 is 3.46. The molecule has 33 heavy (non-hydrogen) atoms. The molecule has 0 unspecified atom stereocenters. The maximum atomic E-state index is 4.96. The Morgan fingerprint density at radius 3 is 1.39 bits per heavy atom. The second kappa shape index (κ2) is 9.69. The zero-order chi connectivity index (χ0) is 22.5. The minimum absolute atomic E-state index is 0.964. The van der Waals surface area contributed by atoms with Gasteiger partial charge < -0.3 is 0 Å². The van der Waals surface area contributed by atoms with Crippen LogP contribution in [0.1, 0.15) is 11.1 Å². The number of benzene rings is 4. The molecule has 0 bridgehead atoms. The molecular formula is C31H20BrN. The number of hydrogen-bond donors (Lipinski definition) is 0. The molecule has 0 aliphatic rings. The molecule has 2 heteroatoms. The molecule has 0 saturated heterocycles. The smallest absolute Gasteiger partial charge is 0.0715 e. The summed E-state index contributed by atoms with van der Waals surface area (Å²) < 4.78 is 1.06. The summed E-state index contributed by atoms with van der Waals surface area (Å²) in [6, 6.07) is 41.4. The largest absolute Gasteiger partial charge is 0.248 e. The van der Waals surface area contributed by atoms with E-state index in [9.17, 15) is 0 Å². The van der Waals surface area contributed by atoms with Gasteiger partial charge in [-0.05, 0) is 59.7 Å². The predicted molar refractivity (Wildman–Crippen MR) is 141 cm³/mol. The van der Waals surface area contributed by atoms with Gasteiger partial charge in [-0.2, -0.15) is 0 Å². The minimum Gasteiger partial charge on any atom is -0.248 e. The van der Waals surface area contributed by atoms with Gasteiger partial charge >= 0.3 is 0 Å². The van der Waals surface area contributed by atoms with E-state index in [1.807, 2.05) is 60.7 Å². The Morgan fingerprint density at radius 1 is 0.455 bits per heavy atom. The van der Waals surface area contributed by atoms with Gasteiger partial charge in [0.25, 0.3) is 0 Å². The number of halogens is 1. The van der Waals surface area contributed by atoms with Crippen molar-refractivity contribution in [1.82, 2.24) is 4.98 Å². The van der Waals surface area contributed by atoms with Crippen molar-refractivity contribution < 1.29 is 0 Å². The highest BCUT2D eigenvalue weighted by molar-refractivity contribution is 9.10. The van der Waals surface area contributed by atoms with Gasteiger partial charge in [-0.15, -0.1) is 0 Å². The molecule has 1 heterocycles. The predicted octanol–water partition coefficient (Wildman–Crippen LogP) is 8.24. The van der Waals surface area contributed by atoms with Gasteiger partial charge in [0.15, 0.2) is 0 Å². The SMILES string of the molecule is Brc1ccc(C#Cc2ccc(-c3cc(-c4ccccc4)nc(-c4ccccc4)c3)cc2)cc1. The van der Waals surface area contributed by atoms with Crippen molar-refractivity contribution in [3.8, 4) is 45.5 Å². The van der Waals surface area contributed by atoms with Crippen molar-refractivity contribution >= 4 is 15.9 Å². The Kier molecular flexibility index (Phi) is 6.15. The van der Waals surface area contributed by atoms with Crippen LogP contribution in [0.25, 0.3) is 33.6 Å². The molecule has 0 saturated carbocycles. The molecule has 5 rings (SSSR count). The van der Waals surface area contributed by atoms with Crippen molar-refractivity contribution in [2.75, 3.05) is 0 Å². The van der Waals surface area contributed by atoms with E-state index in [1.54, 1.807) is 0 Å². The quantitative estimate of drug-likeness (QED) is 0.234. The van der Waals surface area contributed by atoms with Crippen LogP contribution < -0.4 is 0 Å². The van der Waals surface area contributed by atoms with E-state index < -0.39 is 0 Å². The van der Waals surface area contributed by atoms with Gasteiger partial charge in [0.05, 0.1) is 11.4 Å². The third-order valence-corrected chi connectivity index (χ3v) is 5.91. The summed E-state index contributed by atoms with van der Waals surface area (Å²) in [5.41, 5.74) is 8.40. The van der Waals surface area contributed by atoms with Gasteiger partial charge in [0, 0.05) is 26.7 Å². The van der Waals surface area contributed by atoms with E-state index in [-0.39, 0.29) is 0 Å². The van der Waals surface area contributed by atoms with Crippen molar-refractivity contribution in [2.24, 2.45) is 0 Å². The lowest BCUT2D eigenvalue weighted by Crippen LogP contribution is -1.91. The van der Waals surface area contributed by atoms with Crippen LogP contribution in [0.2, 0.25) is 0 Å². The third kappa shape index (κ3) is 5.12. The molecule has 0 N–H and O–H groups in total. The maximum Gasteiger partial charge on any atom is 0.0715 e. The van der Waals surface area contributed by atoms with Crippen molar-refractivity contribution in [3.05, 3.63) is 137 Å². The first-order valence-electron chi connectivity index (χ1n) is 10.8. The minimum atomic E-state index is 0.964. The van der Waals surface area contributed by atoms with Gasteiger partial charge in [-0.3, -0.25) is 0 Å². The summed E-state index contributed by atoms with van der Waals surface area (Å²) in [5.74, 6) is 6.48. The summed E-state index contributed by atoms with van der Waals surface area (Å²) in [6.45, 7) is 0. The van der Waals surface area contributed by atoms with Crippen LogP contribution in [0.15, 0.2) is 126 Å².